The van der Waals surface area contributed by atoms with E-state index in [0.29, 0.717) is 11.5 Å². The molecule has 0 bridgehead atoms. The molecule has 0 radical (unpaired) electrons. The molecule has 2 N–H and O–H groups in total. The minimum Gasteiger partial charge on any atom is -0.493 e. The summed E-state index contributed by atoms with van der Waals surface area (Å²) in [5.41, 5.74) is -0.967. The maximum Gasteiger partial charge on any atom is 0.416 e. The van der Waals surface area contributed by atoms with Crippen LogP contribution in [0.2, 0.25) is 0 Å². The number of hydrogen-bond donors (Lipinski definition) is 2. The van der Waals surface area contributed by atoms with Crippen LogP contribution in [-0.4, -0.2) is 42.3 Å². The van der Waals surface area contributed by atoms with Crippen molar-refractivity contribution in [3.8, 4) is 22.6 Å². The number of hydrogen-bond acceptors (Lipinski definition) is 7. The second kappa shape index (κ2) is 11.0. The predicted molar refractivity (Wildman–Crippen MR) is 142 cm³/mol. The van der Waals surface area contributed by atoms with Gasteiger partial charge in [-0.05, 0) is 48.4 Å². The minimum absolute atomic E-state index is 0.0181. The summed E-state index contributed by atoms with van der Waals surface area (Å²) in [6, 6.07) is 5.52. The molecule has 0 aliphatic carbocycles. The smallest absolute Gasteiger partial charge is 0.416 e. The standard InChI is InChI=1S/C27H23F4N7O4/c1-14-4-17(10-32-9-14)35-23(39)11-38-20-8-16(27(29,30)31)7-18(24(20)37(2)26(38)40)15-5-19(28)25(21(6-15)41-3)42-12-22-33-13-34-36-22/h4-10,13H,11-12H2,1-3H3,(H,35,39)(H,33,34,36). The van der Waals surface area contributed by atoms with E-state index in [2.05, 4.69) is 25.5 Å². The number of nitrogens with zero attached hydrogens (tertiary/aromatic N) is 5. The molecule has 0 atom stereocenters. The number of aromatic nitrogens is 6. The highest BCUT2D eigenvalue weighted by Crippen LogP contribution is 2.41. The zero-order valence-electron chi connectivity index (χ0n) is 22.4. The number of carbonyl (C=O) groups excluding carboxylic acids is 1. The summed E-state index contributed by atoms with van der Waals surface area (Å²) in [4.78, 5) is 32.7. The average Bonchev–Trinajstić information content (AvgIpc) is 3.54. The van der Waals surface area contributed by atoms with Crippen molar-refractivity contribution in [1.82, 2.24) is 29.3 Å². The quantitative estimate of drug-likeness (QED) is 0.261. The fourth-order valence-electron chi connectivity index (χ4n) is 4.52. The predicted octanol–water partition coefficient (Wildman–Crippen LogP) is 4.21. The second-order valence-electron chi connectivity index (χ2n) is 9.33. The average molecular weight is 586 g/mol. The number of carbonyl (C=O) groups is 1. The van der Waals surface area contributed by atoms with Crippen LogP contribution in [0.25, 0.3) is 22.2 Å². The lowest BCUT2D eigenvalue weighted by molar-refractivity contribution is -0.137. The summed E-state index contributed by atoms with van der Waals surface area (Å²) >= 11 is 0. The number of anilines is 1. The van der Waals surface area contributed by atoms with Gasteiger partial charge in [0.05, 0.1) is 35.6 Å². The van der Waals surface area contributed by atoms with Gasteiger partial charge in [0.25, 0.3) is 0 Å². The molecule has 2 aromatic carbocycles. The van der Waals surface area contributed by atoms with Crippen molar-refractivity contribution >= 4 is 22.6 Å². The minimum atomic E-state index is -4.82. The largest absolute Gasteiger partial charge is 0.493 e. The number of fused-ring (bicyclic) bond motifs is 1. The zero-order chi connectivity index (χ0) is 30.2. The fraction of sp³-hybridized carbons (Fsp3) is 0.222. The first kappa shape index (κ1) is 28.3. The molecular formula is C27H23F4N7O4. The molecule has 3 heterocycles. The Morgan fingerprint density at radius 3 is 2.60 bits per heavy atom. The number of pyridine rings is 1. The van der Waals surface area contributed by atoms with Crippen molar-refractivity contribution in [1.29, 1.82) is 0 Å². The van der Waals surface area contributed by atoms with Crippen molar-refractivity contribution < 1.29 is 31.8 Å². The lowest BCUT2D eigenvalue weighted by Gasteiger charge is -2.15. The molecule has 15 heteroatoms. The summed E-state index contributed by atoms with van der Waals surface area (Å²) in [5.74, 6) is -1.68. The van der Waals surface area contributed by atoms with E-state index in [1.807, 2.05) is 0 Å². The topological polar surface area (TPSA) is 129 Å². The molecule has 0 saturated heterocycles. The Kier molecular flexibility index (Phi) is 7.41. The van der Waals surface area contributed by atoms with Crippen LogP contribution < -0.4 is 20.5 Å². The van der Waals surface area contributed by atoms with Crippen LogP contribution >= 0.6 is 0 Å². The lowest BCUT2D eigenvalue weighted by Crippen LogP contribution is -2.28. The highest BCUT2D eigenvalue weighted by atomic mass is 19.4. The number of alkyl halides is 3. The molecule has 42 heavy (non-hydrogen) atoms. The molecule has 3 aromatic heterocycles. The van der Waals surface area contributed by atoms with Crippen LogP contribution in [0, 0.1) is 12.7 Å². The lowest BCUT2D eigenvalue weighted by atomic mass is 9.99. The number of H-pyrrole nitrogens is 1. The summed E-state index contributed by atoms with van der Waals surface area (Å²) in [7, 11) is 2.60. The Balaban J connectivity index is 1.61. The van der Waals surface area contributed by atoms with E-state index in [9.17, 15) is 22.8 Å². The van der Waals surface area contributed by atoms with Crippen LogP contribution in [0.1, 0.15) is 17.0 Å². The Labute approximate surface area is 234 Å². The van der Waals surface area contributed by atoms with E-state index < -0.39 is 35.7 Å². The zero-order valence-corrected chi connectivity index (χ0v) is 22.4. The number of rotatable bonds is 8. The van der Waals surface area contributed by atoms with Gasteiger partial charge in [-0.3, -0.25) is 18.9 Å². The number of ether oxygens (including phenoxy) is 2. The molecule has 5 rings (SSSR count). The van der Waals surface area contributed by atoms with Crippen molar-refractivity contribution in [2.24, 2.45) is 7.05 Å². The number of amides is 1. The Morgan fingerprint density at radius 1 is 1.14 bits per heavy atom. The summed E-state index contributed by atoms with van der Waals surface area (Å²) in [5, 5.41) is 9.95. The highest BCUT2D eigenvalue weighted by Gasteiger charge is 2.33. The summed E-state index contributed by atoms with van der Waals surface area (Å²) in [6.45, 7) is 1.00. The Hall–Kier alpha value is -5.21. The van der Waals surface area contributed by atoms with Gasteiger partial charge < -0.3 is 19.8 Å². The number of aryl methyl sites for hydroxylation is 2. The number of benzene rings is 2. The van der Waals surface area contributed by atoms with Gasteiger partial charge in [-0.1, -0.05) is 0 Å². The van der Waals surface area contributed by atoms with Crippen LogP contribution in [0.15, 0.2) is 53.8 Å². The van der Waals surface area contributed by atoms with E-state index >= 15 is 4.39 Å². The first-order valence-corrected chi connectivity index (χ1v) is 12.3. The molecule has 0 fully saturated rings. The van der Waals surface area contributed by atoms with Gasteiger partial charge in [-0.25, -0.2) is 9.18 Å². The number of aromatic amines is 1. The van der Waals surface area contributed by atoms with Gasteiger partial charge >= 0.3 is 11.9 Å². The van der Waals surface area contributed by atoms with Crippen LogP contribution in [0.4, 0.5) is 23.2 Å². The van der Waals surface area contributed by atoms with Gasteiger partial charge in [0.2, 0.25) is 5.91 Å². The van der Waals surface area contributed by atoms with Crippen molar-refractivity contribution in [2.75, 3.05) is 12.4 Å². The summed E-state index contributed by atoms with van der Waals surface area (Å²) < 4.78 is 70.3. The van der Waals surface area contributed by atoms with Gasteiger partial charge in [-0.15, -0.1) is 10.2 Å². The first-order valence-electron chi connectivity index (χ1n) is 12.3. The van der Waals surface area contributed by atoms with Crippen LogP contribution in [0.3, 0.4) is 0 Å². The third kappa shape index (κ3) is 5.53. The van der Waals surface area contributed by atoms with Gasteiger partial charge in [-0.2, -0.15) is 13.2 Å². The maximum absolute atomic E-state index is 15.3. The Morgan fingerprint density at radius 2 is 1.93 bits per heavy atom. The molecule has 0 aliphatic heterocycles. The third-order valence-corrected chi connectivity index (χ3v) is 6.38. The van der Waals surface area contributed by atoms with E-state index in [-0.39, 0.29) is 40.3 Å². The SMILES string of the molecule is COc1cc(-c2cc(C(F)(F)F)cc3c2n(C)c(=O)n3CC(=O)Nc2cncc(C)c2)cc(F)c1OCc1nnc[nH]1. The van der Waals surface area contributed by atoms with Crippen molar-refractivity contribution in [2.45, 2.75) is 26.3 Å². The van der Waals surface area contributed by atoms with E-state index in [0.717, 1.165) is 32.9 Å². The van der Waals surface area contributed by atoms with E-state index in [4.69, 9.17) is 9.47 Å². The third-order valence-electron chi connectivity index (χ3n) is 6.38. The van der Waals surface area contributed by atoms with Gasteiger partial charge in [0.15, 0.2) is 23.1 Å². The number of methoxy groups -OCH3 is 1. The molecular weight excluding hydrogens is 562 g/mol. The second-order valence-corrected chi connectivity index (χ2v) is 9.33. The molecule has 0 spiro atoms. The van der Waals surface area contributed by atoms with Gasteiger partial charge in [0.1, 0.15) is 19.5 Å². The summed E-state index contributed by atoms with van der Waals surface area (Å²) in [6.07, 6.45) is -0.526. The fourth-order valence-corrected chi connectivity index (χ4v) is 4.52. The molecule has 1 amide bonds. The van der Waals surface area contributed by atoms with E-state index in [1.54, 1.807) is 19.2 Å². The number of imidazole rings is 1. The maximum atomic E-state index is 15.3. The molecule has 11 nitrogen and oxygen atoms in total. The number of nitrogens with one attached hydrogen (secondary N) is 2. The van der Waals surface area contributed by atoms with E-state index in [1.165, 1.54) is 32.7 Å². The van der Waals surface area contributed by atoms with Crippen LogP contribution in [0.5, 0.6) is 11.5 Å². The molecule has 218 valence electrons. The van der Waals surface area contributed by atoms with Crippen molar-refractivity contribution in [3.05, 3.63) is 82.3 Å². The molecule has 0 unspecified atom stereocenters. The molecule has 5 aromatic rings. The van der Waals surface area contributed by atoms with Crippen molar-refractivity contribution in [3.63, 3.8) is 0 Å². The van der Waals surface area contributed by atoms with Crippen LogP contribution in [-0.2, 0) is 31.2 Å². The Bertz CT molecular complexity index is 1850. The number of halogens is 4. The van der Waals surface area contributed by atoms with Gasteiger partial charge in [0, 0.05) is 18.8 Å². The monoisotopic (exact) mass is 585 g/mol. The first-order chi connectivity index (χ1) is 20.0. The molecule has 0 aliphatic rings. The normalized spacial score (nSPS) is 11.6. The molecule has 0 saturated carbocycles. The highest BCUT2D eigenvalue weighted by molar-refractivity contribution is 5.96.